The number of carbonyl (C=O) groups is 4. The van der Waals surface area contributed by atoms with Gasteiger partial charge in [0.2, 0.25) is 11.8 Å². The molecule has 2 atom stereocenters. The number of amides is 4. The van der Waals surface area contributed by atoms with Gasteiger partial charge in [-0.2, -0.15) is 0 Å². The van der Waals surface area contributed by atoms with E-state index in [4.69, 9.17) is 0 Å². The van der Waals surface area contributed by atoms with Crippen molar-refractivity contribution in [2.75, 3.05) is 81.1 Å². The van der Waals surface area contributed by atoms with Gasteiger partial charge in [0, 0.05) is 123 Å². The summed E-state index contributed by atoms with van der Waals surface area (Å²) in [5.41, 5.74) is 6.85. The number of piperazine rings is 1. The number of H-pyrrole nitrogens is 1. The van der Waals surface area contributed by atoms with Crippen LogP contribution < -0.4 is 20.4 Å². The van der Waals surface area contributed by atoms with Crippen LogP contribution in [0.5, 0.6) is 0 Å². The summed E-state index contributed by atoms with van der Waals surface area (Å²) in [5, 5.41) is 6.46. The minimum atomic E-state index is -0.348. The number of imide groups is 1. The Morgan fingerprint density at radius 1 is 0.875 bits per heavy atom. The van der Waals surface area contributed by atoms with Gasteiger partial charge in [0.1, 0.15) is 5.82 Å². The Bertz CT molecular complexity index is 2130. The number of hydrogen-bond donors (Lipinski definition) is 3. The van der Waals surface area contributed by atoms with Crippen LogP contribution in [0.4, 0.5) is 17.2 Å². The van der Waals surface area contributed by atoms with Gasteiger partial charge in [-0.15, -0.1) is 0 Å². The number of fused-ring (bicyclic) bond motifs is 2. The van der Waals surface area contributed by atoms with Gasteiger partial charge in [0.05, 0.1) is 11.4 Å². The highest BCUT2D eigenvalue weighted by Crippen LogP contribution is 2.36. The predicted octanol–water partition coefficient (Wildman–Crippen LogP) is 4.63. The second kappa shape index (κ2) is 15.3. The number of carbonyl (C=O) groups excluding carboxylic acids is 4. The van der Waals surface area contributed by atoms with Crippen molar-refractivity contribution in [3.05, 3.63) is 83.2 Å². The van der Waals surface area contributed by atoms with Crippen molar-refractivity contribution in [2.24, 2.45) is 11.8 Å². The van der Waals surface area contributed by atoms with Gasteiger partial charge in [-0.3, -0.25) is 34.3 Å². The molecule has 0 aliphatic carbocycles. The van der Waals surface area contributed by atoms with Crippen molar-refractivity contribution in [3.63, 3.8) is 0 Å². The maximum absolute atomic E-state index is 13.3. The summed E-state index contributed by atoms with van der Waals surface area (Å²) >= 11 is 0. The van der Waals surface area contributed by atoms with Crippen LogP contribution in [0.2, 0.25) is 0 Å². The van der Waals surface area contributed by atoms with Crippen LogP contribution in [-0.4, -0.2) is 114 Å². The Balaban J connectivity index is 0.733. The third-order valence-corrected chi connectivity index (χ3v) is 12.8. The van der Waals surface area contributed by atoms with Crippen LogP contribution in [0.25, 0.3) is 10.9 Å². The monoisotopic (exact) mass is 757 g/mol. The molecule has 13 heteroatoms. The molecule has 4 amide bonds. The molecule has 292 valence electrons. The summed E-state index contributed by atoms with van der Waals surface area (Å²) in [5.74, 6) is 0.116. The normalized spacial score (nSPS) is 22.6. The Morgan fingerprint density at radius 3 is 2.43 bits per heavy atom. The molecule has 5 aliphatic heterocycles. The van der Waals surface area contributed by atoms with E-state index < -0.39 is 0 Å². The van der Waals surface area contributed by atoms with Gasteiger partial charge in [-0.1, -0.05) is 6.07 Å². The number of pyridine rings is 1. The van der Waals surface area contributed by atoms with Crippen molar-refractivity contribution in [3.8, 4) is 0 Å². The summed E-state index contributed by atoms with van der Waals surface area (Å²) in [6.07, 6.45) is 7.20. The molecule has 2 aromatic heterocycles. The van der Waals surface area contributed by atoms with E-state index >= 15 is 0 Å². The first-order valence-corrected chi connectivity index (χ1v) is 20.3. The van der Waals surface area contributed by atoms with Gasteiger partial charge in [-0.25, -0.2) is 4.98 Å². The molecule has 4 saturated heterocycles. The highest BCUT2D eigenvalue weighted by molar-refractivity contribution is 6.05. The zero-order valence-corrected chi connectivity index (χ0v) is 32.1. The summed E-state index contributed by atoms with van der Waals surface area (Å²) in [7, 11) is 2.17. The lowest BCUT2D eigenvalue weighted by atomic mass is 9.94. The molecule has 0 saturated carbocycles. The number of anilines is 3. The molecule has 1 unspecified atom stereocenters. The van der Waals surface area contributed by atoms with E-state index in [9.17, 15) is 19.2 Å². The fourth-order valence-corrected chi connectivity index (χ4v) is 9.52. The fraction of sp³-hybridized carbons (Fsp3) is 0.465. The maximum atomic E-state index is 13.3. The van der Waals surface area contributed by atoms with E-state index in [1.54, 1.807) is 4.90 Å². The largest absolute Gasteiger partial charge is 0.371 e. The molecule has 4 fully saturated rings. The highest BCUT2D eigenvalue weighted by Gasteiger charge is 2.36. The number of hydrogen-bond acceptors (Lipinski definition) is 9. The van der Waals surface area contributed by atoms with E-state index in [-0.39, 0.29) is 29.5 Å². The summed E-state index contributed by atoms with van der Waals surface area (Å²) in [4.78, 5) is 70.1. The molecule has 0 radical (unpaired) electrons. The van der Waals surface area contributed by atoms with Crippen LogP contribution in [0, 0.1) is 11.8 Å². The van der Waals surface area contributed by atoms with Gasteiger partial charge < -0.3 is 25.0 Å². The van der Waals surface area contributed by atoms with Crippen molar-refractivity contribution in [1.29, 1.82) is 0 Å². The quantitative estimate of drug-likeness (QED) is 0.209. The Labute approximate surface area is 327 Å². The van der Waals surface area contributed by atoms with Crippen molar-refractivity contribution < 1.29 is 19.2 Å². The first-order valence-electron chi connectivity index (χ1n) is 20.3. The molecule has 0 bridgehead atoms. The Kier molecular flexibility index (Phi) is 9.97. The molecule has 56 heavy (non-hydrogen) atoms. The minimum Gasteiger partial charge on any atom is -0.371 e. The molecular weight excluding hydrogens is 707 g/mol. The predicted molar refractivity (Wildman–Crippen MR) is 216 cm³/mol. The smallest absolute Gasteiger partial charge is 0.256 e. The van der Waals surface area contributed by atoms with E-state index in [2.05, 4.69) is 59.4 Å². The number of nitrogens with zero attached hydrogens (tertiary/aromatic N) is 6. The number of rotatable bonds is 9. The van der Waals surface area contributed by atoms with E-state index in [0.717, 1.165) is 105 Å². The zero-order chi connectivity index (χ0) is 38.3. The third kappa shape index (κ3) is 7.37. The standard InChI is InChI=1S/C43H51N9O4/c1-48-15-3-6-38(48)36-22-31-24-44-39(23-35(31)45-36)46-41(54)29-7-10-32(11-8-29)50-20-18-49(19-21-50)25-28-13-16-51(17-14-28)37-5-2-4-33-34(37)27-52(43(33)56)26-30-9-12-40(53)47-42(30)55/h2,4-5,7-8,10-11,22-24,28,30,38,45H,3,6,9,12-21,25-27H2,1H3,(H,44,46,54)(H,47,53,55)/t30?,38-/m1/s1. The summed E-state index contributed by atoms with van der Waals surface area (Å²) < 4.78 is 0. The third-order valence-electron chi connectivity index (χ3n) is 12.8. The van der Waals surface area contributed by atoms with Crippen molar-refractivity contribution >= 4 is 51.7 Å². The van der Waals surface area contributed by atoms with E-state index in [1.807, 2.05) is 48.7 Å². The van der Waals surface area contributed by atoms with Crippen LogP contribution in [0.1, 0.15) is 76.5 Å². The molecule has 5 aliphatic rings. The molecule has 7 heterocycles. The average molecular weight is 758 g/mol. The first kappa shape index (κ1) is 36.4. The highest BCUT2D eigenvalue weighted by atomic mass is 16.2. The summed E-state index contributed by atoms with van der Waals surface area (Å²) in [6.45, 7) is 8.86. The van der Waals surface area contributed by atoms with Gasteiger partial charge in [0.15, 0.2) is 0 Å². The van der Waals surface area contributed by atoms with Crippen molar-refractivity contribution in [1.82, 2.24) is 30.0 Å². The topological polar surface area (TPSA) is 137 Å². The lowest BCUT2D eigenvalue weighted by Crippen LogP contribution is -2.49. The molecular formula is C43H51N9O4. The second-order valence-corrected chi connectivity index (χ2v) is 16.4. The molecule has 0 spiro atoms. The fourth-order valence-electron chi connectivity index (χ4n) is 9.52. The van der Waals surface area contributed by atoms with Crippen LogP contribution in [0.15, 0.2) is 60.8 Å². The summed E-state index contributed by atoms with van der Waals surface area (Å²) in [6, 6.07) is 18.4. The SMILES string of the molecule is CN1CCC[C@@H]1c1cc2cnc(NC(=O)c3ccc(N4CCN(CC5CCN(c6cccc7c6CN(CC6CCC(=O)NC6=O)C7=O)CC5)CC4)cc3)cc2[nH]1. The molecule has 4 aromatic rings. The van der Waals surface area contributed by atoms with Crippen LogP contribution in [-0.2, 0) is 16.1 Å². The number of benzene rings is 2. The number of aromatic amines is 1. The van der Waals surface area contributed by atoms with Crippen molar-refractivity contribution in [2.45, 2.75) is 51.1 Å². The van der Waals surface area contributed by atoms with Crippen LogP contribution in [0.3, 0.4) is 0 Å². The van der Waals surface area contributed by atoms with Gasteiger partial charge in [0.25, 0.3) is 11.8 Å². The second-order valence-electron chi connectivity index (χ2n) is 16.4. The maximum Gasteiger partial charge on any atom is 0.256 e. The molecule has 9 rings (SSSR count). The molecule has 13 nitrogen and oxygen atoms in total. The average Bonchev–Trinajstić information content (AvgIpc) is 3.92. The van der Waals surface area contributed by atoms with E-state index in [1.165, 1.54) is 12.1 Å². The number of piperidine rings is 2. The first-order chi connectivity index (χ1) is 27.3. The Morgan fingerprint density at radius 2 is 1.68 bits per heavy atom. The zero-order valence-electron chi connectivity index (χ0n) is 32.1. The lowest BCUT2D eigenvalue weighted by Gasteiger charge is -2.40. The molecule has 2 aromatic carbocycles. The number of aromatic nitrogens is 2. The Hall–Kier alpha value is -5.27. The number of likely N-dealkylation sites (tertiary alicyclic amines) is 1. The minimum absolute atomic E-state index is 0.0259. The lowest BCUT2D eigenvalue weighted by molar-refractivity contribution is -0.136. The van der Waals surface area contributed by atoms with Gasteiger partial charge >= 0.3 is 0 Å². The molecule has 3 N–H and O–H groups in total. The van der Waals surface area contributed by atoms with Crippen LogP contribution >= 0.6 is 0 Å². The number of nitrogens with one attached hydrogen (secondary N) is 3. The van der Waals surface area contributed by atoms with Gasteiger partial charge in [-0.05, 0) is 94.1 Å². The van der Waals surface area contributed by atoms with E-state index in [0.29, 0.717) is 49.3 Å².